The summed E-state index contributed by atoms with van der Waals surface area (Å²) in [5, 5.41) is 23.1. The molecular weight excluding hydrogens is 340 g/mol. The van der Waals surface area contributed by atoms with Gasteiger partial charge in [0, 0.05) is 0 Å². The van der Waals surface area contributed by atoms with Crippen LogP contribution in [0.5, 0.6) is 0 Å². The number of hydrogen-bond acceptors (Lipinski definition) is 9. The number of nitrogens with zero attached hydrogens (tertiary/aromatic N) is 4. The molecular formula is C12H16N6O3S2. The molecule has 0 fully saturated rings. The highest BCUT2D eigenvalue weighted by Gasteiger charge is 2.10. The summed E-state index contributed by atoms with van der Waals surface area (Å²) in [6.07, 6.45) is 1.52. The van der Waals surface area contributed by atoms with Crippen LogP contribution in [0.3, 0.4) is 0 Å². The van der Waals surface area contributed by atoms with E-state index in [4.69, 9.17) is 4.74 Å². The van der Waals surface area contributed by atoms with Gasteiger partial charge in [-0.1, -0.05) is 36.5 Å². The minimum atomic E-state index is -0.388. The van der Waals surface area contributed by atoms with Crippen molar-refractivity contribution in [3.8, 4) is 0 Å². The van der Waals surface area contributed by atoms with Gasteiger partial charge in [-0.15, -0.1) is 20.4 Å². The van der Waals surface area contributed by atoms with Crippen LogP contribution in [0.15, 0.2) is 0 Å². The van der Waals surface area contributed by atoms with E-state index in [1.807, 2.05) is 13.8 Å². The minimum Gasteiger partial charge on any atom is -0.362 e. The highest BCUT2D eigenvalue weighted by Crippen LogP contribution is 2.16. The van der Waals surface area contributed by atoms with Gasteiger partial charge in [-0.25, -0.2) is 0 Å². The highest BCUT2D eigenvalue weighted by atomic mass is 32.1. The van der Waals surface area contributed by atoms with Crippen LogP contribution in [-0.4, -0.2) is 45.4 Å². The normalized spacial score (nSPS) is 10.5. The van der Waals surface area contributed by atoms with Gasteiger partial charge in [0.2, 0.25) is 10.3 Å². The lowest BCUT2D eigenvalue weighted by Gasteiger charge is -2.03. The topological polar surface area (TPSA) is 119 Å². The van der Waals surface area contributed by atoms with E-state index < -0.39 is 0 Å². The lowest BCUT2D eigenvalue weighted by molar-refractivity contribution is -0.125. The van der Waals surface area contributed by atoms with Gasteiger partial charge in [-0.2, -0.15) is 0 Å². The molecule has 0 aliphatic rings. The molecule has 0 aliphatic heterocycles. The number of ether oxygens (including phenoxy) is 1. The maximum atomic E-state index is 11.6. The molecule has 2 rings (SSSR count). The molecule has 0 radical (unpaired) electrons. The Bertz CT molecular complexity index is 615. The average molecular weight is 356 g/mol. The number of carbonyl (C=O) groups is 2. The molecule has 0 bridgehead atoms. The van der Waals surface area contributed by atoms with Crippen molar-refractivity contribution in [1.29, 1.82) is 0 Å². The van der Waals surface area contributed by atoms with Crippen molar-refractivity contribution in [1.82, 2.24) is 20.4 Å². The van der Waals surface area contributed by atoms with E-state index in [0.29, 0.717) is 10.3 Å². The van der Waals surface area contributed by atoms with E-state index in [-0.39, 0.29) is 25.0 Å². The Kier molecular flexibility index (Phi) is 6.50. The quantitative estimate of drug-likeness (QED) is 0.727. The summed E-state index contributed by atoms with van der Waals surface area (Å²) >= 11 is 2.61. The Labute approximate surface area is 140 Å². The summed E-state index contributed by atoms with van der Waals surface area (Å²) in [7, 11) is 0. The fourth-order valence-corrected chi connectivity index (χ4v) is 2.83. The number of anilines is 2. The smallest absolute Gasteiger partial charge is 0.252 e. The Morgan fingerprint density at radius 1 is 0.870 bits per heavy atom. The highest BCUT2D eigenvalue weighted by molar-refractivity contribution is 7.15. The number of carbonyl (C=O) groups excluding carboxylic acids is 2. The third-order valence-electron chi connectivity index (χ3n) is 2.50. The largest absolute Gasteiger partial charge is 0.362 e. The molecule has 0 aliphatic carbocycles. The van der Waals surface area contributed by atoms with E-state index in [1.165, 1.54) is 22.7 Å². The van der Waals surface area contributed by atoms with Gasteiger partial charge in [-0.3, -0.25) is 20.2 Å². The Balaban J connectivity index is 1.67. The standard InChI is InChI=1S/C12H16N6O3S2/c1-3-9-15-17-11(22-9)13-7(19)5-21-6-8(20)14-12-18-16-10(4-2)23-12/h3-6H2,1-2H3,(H,13,17,19)(H,14,18,20). The van der Waals surface area contributed by atoms with E-state index in [0.717, 1.165) is 22.9 Å². The molecule has 2 amide bonds. The molecule has 11 heteroatoms. The van der Waals surface area contributed by atoms with Crippen LogP contribution in [0.25, 0.3) is 0 Å². The number of aryl methyl sites for hydroxylation is 2. The maximum Gasteiger partial charge on any atom is 0.252 e. The van der Waals surface area contributed by atoms with Crippen molar-refractivity contribution in [3.63, 3.8) is 0 Å². The zero-order valence-electron chi connectivity index (χ0n) is 12.7. The van der Waals surface area contributed by atoms with Crippen LogP contribution in [0.4, 0.5) is 10.3 Å². The second-order valence-electron chi connectivity index (χ2n) is 4.30. The number of hydrogen-bond donors (Lipinski definition) is 2. The first-order valence-corrected chi connectivity index (χ1v) is 8.56. The van der Waals surface area contributed by atoms with Crippen molar-refractivity contribution >= 4 is 44.8 Å². The van der Waals surface area contributed by atoms with Gasteiger partial charge < -0.3 is 4.74 Å². The average Bonchev–Trinajstić information content (AvgIpc) is 3.16. The van der Waals surface area contributed by atoms with Crippen LogP contribution < -0.4 is 10.6 Å². The van der Waals surface area contributed by atoms with Crippen molar-refractivity contribution < 1.29 is 14.3 Å². The number of amides is 2. The SMILES string of the molecule is CCc1nnc(NC(=O)COCC(=O)Nc2nnc(CC)s2)s1. The molecule has 0 unspecified atom stereocenters. The van der Waals surface area contributed by atoms with E-state index in [2.05, 4.69) is 31.0 Å². The molecule has 2 heterocycles. The lowest BCUT2D eigenvalue weighted by atomic mass is 10.5. The number of aromatic nitrogens is 4. The number of rotatable bonds is 8. The second-order valence-corrected chi connectivity index (χ2v) is 6.42. The zero-order valence-corrected chi connectivity index (χ0v) is 14.3. The van der Waals surface area contributed by atoms with Crippen LogP contribution in [0.2, 0.25) is 0 Å². The first kappa shape index (κ1) is 17.4. The van der Waals surface area contributed by atoms with E-state index >= 15 is 0 Å². The summed E-state index contributed by atoms with van der Waals surface area (Å²) in [5.41, 5.74) is 0. The zero-order chi connectivity index (χ0) is 16.7. The van der Waals surface area contributed by atoms with Crippen molar-refractivity contribution in [3.05, 3.63) is 10.0 Å². The van der Waals surface area contributed by atoms with Crippen molar-refractivity contribution in [2.24, 2.45) is 0 Å². The predicted octanol–water partition coefficient (Wildman–Crippen LogP) is 1.11. The van der Waals surface area contributed by atoms with Gasteiger partial charge >= 0.3 is 0 Å². The molecule has 9 nitrogen and oxygen atoms in total. The van der Waals surface area contributed by atoms with Crippen molar-refractivity contribution in [2.75, 3.05) is 23.8 Å². The van der Waals surface area contributed by atoms with Crippen LogP contribution in [-0.2, 0) is 27.2 Å². The van der Waals surface area contributed by atoms with Gasteiger partial charge in [0.1, 0.15) is 23.2 Å². The van der Waals surface area contributed by atoms with Crippen molar-refractivity contribution in [2.45, 2.75) is 26.7 Å². The fourth-order valence-electron chi connectivity index (χ4n) is 1.44. The molecule has 2 aromatic rings. The number of nitrogens with one attached hydrogen (secondary N) is 2. The van der Waals surface area contributed by atoms with Gasteiger partial charge in [-0.05, 0) is 12.8 Å². The Morgan fingerprint density at radius 3 is 1.65 bits per heavy atom. The summed E-state index contributed by atoms with van der Waals surface area (Å²) in [6, 6.07) is 0. The summed E-state index contributed by atoms with van der Waals surface area (Å²) in [6.45, 7) is 3.42. The fraction of sp³-hybridized carbons (Fsp3) is 0.500. The van der Waals surface area contributed by atoms with E-state index in [1.54, 1.807) is 0 Å². The third kappa shape index (κ3) is 5.62. The monoisotopic (exact) mass is 356 g/mol. The molecule has 0 aromatic carbocycles. The third-order valence-corrected chi connectivity index (χ3v) is 4.46. The van der Waals surface area contributed by atoms with Crippen LogP contribution in [0.1, 0.15) is 23.9 Å². The molecule has 0 saturated carbocycles. The van der Waals surface area contributed by atoms with Gasteiger partial charge in [0.25, 0.3) is 11.8 Å². The molecule has 2 N–H and O–H groups in total. The predicted molar refractivity (Wildman–Crippen MR) is 86.7 cm³/mol. The first-order chi connectivity index (χ1) is 11.1. The molecule has 0 atom stereocenters. The van der Waals surface area contributed by atoms with E-state index in [9.17, 15) is 9.59 Å². The summed E-state index contributed by atoms with van der Waals surface area (Å²) in [4.78, 5) is 23.3. The van der Waals surface area contributed by atoms with Crippen LogP contribution >= 0.6 is 22.7 Å². The minimum absolute atomic E-state index is 0.245. The first-order valence-electron chi connectivity index (χ1n) is 6.92. The molecule has 23 heavy (non-hydrogen) atoms. The van der Waals surface area contributed by atoms with Gasteiger partial charge in [0.15, 0.2) is 0 Å². The Morgan fingerprint density at radius 2 is 1.30 bits per heavy atom. The summed E-state index contributed by atoms with van der Waals surface area (Å²) in [5.74, 6) is -0.776. The molecule has 2 aromatic heterocycles. The molecule has 0 spiro atoms. The summed E-state index contributed by atoms with van der Waals surface area (Å²) < 4.78 is 5.06. The van der Waals surface area contributed by atoms with Crippen LogP contribution in [0, 0.1) is 0 Å². The Hall–Kier alpha value is -1.98. The molecule has 0 saturated heterocycles. The second kappa shape index (κ2) is 8.60. The molecule has 124 valence electrons. The van der Waals surface area contributed by atoms with Gasteiger partial charge in [0.05, 0.1) is 0 Å². The maximum absolute atomic E-state index is 11.6. The lowest BCUT2D eigenvalue weighted by Crippen LogP contribution is -2.23.